The van der Waals surface area contributed by atoms with Crippen molar-refractivity contribution in [2.75, 3.05) is 52.4 Å². The Hall–Kier alpha value is -2.98. The molecule has 36 heavy (non-hydrogen) atoms. The van der Waals surface area contributed by atoms with Crippen LogP contribution in [0.25, 0.3) is 0 Å². The van der Waals surface area contributed by atoms with E-state index in [2.05, 4.69) is 15.6 Å². The van der Waals surface area contributed by atoms with E-state index in [1.807, 2.05) is 40.1 Å². The van der Waals surface area contributed by atoms with E-state index in [0.717, 1.165) is 36.5 Å². The summed E-state index contributed by atoms with van der Waals surface area (Å²) in [5.41, 5.74) is 2.50. The number of imide groups is 1. The summed E-state index contributed by atoms with van der Waals surface area (Å²) in [4.78, 5) is 56.8. The predicted octanol–water partition coefficient (Wildman–Crippen LogP) is 0.981. The van der Waals surface area contributed by atoms with Crippen LogP contribution in [0.2, 0.25) is 0 Å². The van der Waals surface area contributed by atoms with Crippen LogP contribution in [0, 0.1) is 0 Å². The monoisotopic (exact) mass is 498 g/mol. The Labute approximate surface area is 212 Å². The van der Waals surface area contributed by atoms with Gasteiger partial charge in [0.05, 0.1) is 13.1 Å². The van der Waals surface area contributed by atoms with Crippen LogP contribution in [0.5, 0.6) is 0 Å². The molecule has 0 aliphatic carbocycles. The number of likely N-dealkylation sites (tertiary alicyclic amines) is 1. The maximum absolute atomic E-state index is 13.0. The number of carbonyl (C=O) groups is 4. The van der Waals surface area contributed by atoms with Crippen molar-refractivity contribution in [1.29, 1.82) is 0 Å². The molecule has 10 heteroatoms. The fourth-order valence-electron chi connectivity index (χ4n) is 5.07. The first-order valence-corrected chi connectivity index (χ1v) is 13.1. The Morgan fingerprint density at radius 2 is 1.50 bits per heavy atom. The van der Waals surface area contributed by atoms with Crippen molar-refractivity contribution >= 4 is 23.8 Å². The number of piperazine rings is 1. The number of hydrogen-bond acceptors (Lipinski definition) is 6. The van der Waals surface area contributed by atoms with Gasteiger partial charge < -0.3 is 10.2 Å². The Kier molecular flexibility index (Phi) is 8.58. The first-order valence-electron chi connectivity index (χ1n) is 13.1. The highest BCUT2D eigenvalue weighted by Gasteiger charge is 2.48. The Bertz CT molecular complexity index is 941. The summed E-state index contributed by atoms with van der Waals surface area (Å²) in [5.74, 6) is -0.662. The number of benzene rings is 1. The lowest BCUT2D eigenvalue weighted by atomic mass is 9.93. The van der Waals surface area contributed by atoms with E-state index in [1.165, 1.54) is 12.8 Å². The van der Waals surface area contributed by atoms with E-state index in [0.29, 0.717) is 45.6 Å². The zero-order chi connectivity index (χ0) is 25.5. The molecule has 2 N–H and O–H groups in total. The van der Waals surface area contributed by atoms with Gasteiger partial charge in [0.25, 0.3) is 11.8 Å². The summed E-state index contributed by atoms with van der Waals surface area (Å²) in [6, 6.07) is 9.16. The number of rotatable bonds is 8. The van der Waals surface area contributed by atoms with Crippen molar-refractivity contribution in [2.45, 2.75) is 51.0 Å². The minimum Gasteiger partial charge on any atom is -0.342 e. The van der Waals surface area contributed by atoms with Crippen LogP contribution in [-0.2, 0) is 20.8 Å². The van der Waals surface area contributed by atoms with Gasteiger partial charge in [-0.3, -0.25) is 29.6 Å². The van der Waals surface area contributed by atoms with Gasteiger partial charge in [0.15, 0.2) is 0 Å². The van der Waals surface area contributed by atoms with Gasteiger partial charge in [-0.25, -0.2) is 4.79 Å². The van der Waals surface area contributed by atoms with E-state index in [9.17, 15) is 19.2 Å². The third kappa shape index (κ3) is 6.61. The summed E-state index contributed by atoms with van der Waals surface area (Å²) in [6.45, 7) is 6.61. The molecule has 3 aliphatic rings. The third-order valence-electron chi connectivity index (χ3n) is 7.40. The van der Waals surface area contributed by atoms with Crippen LogP contribution >= 0.6 is 0 Å². The van der Waals surface area contributed by atoms with Crippen LogP contribution in [0.1, 0.15) is 44.6 Å². The maximum Gasteiger partial charge on any atom is 0.344 e. The molecule has 3 fully saturated rings. The number of aryl methyl sites for hydroxylation is 1. The average molecular weight is 499 g/mol. The van der Waals surface area contributed by atoms with Gasteiger partial charge >= 0.3 is 6.03 Å². The molecule has 1 aromatic rings. The molecule has 3 saturated heterocycles. The lowest BCUT2D eigenvalue weighted by Crippen LogP contribution is -2.54. The zero-order valence-electron chi connectivity index (χ0n) is 21.2. The highest BCUT2D eigenvalue weighted by atomic mass is 16.2. The van der Waals surface area contributed by atoms with E-state index in [4.69, 9.17) is 0 Å². The van der Waals surface area contributed by atoms with Gasteiger partial charge in [-0.2, -0.15) is 5.01 Å². The van der Waals surface area contributed by atoms with E-state index < -0.39 is 23.4 Å². The second-order valence-electron chi connectivity index (χ2n) is 10.3. The molecule has 3 aliphatic heterocycles. The maximum atomic E-state index is 13.0. The largest absolute Gasteiger partial charge is 0.344 e. The molecule has 0 aromatic heterocycles. The predicted molar refractivity (Wildman–Crippen MR) is 135 cm³/mol. The molecular weight excluding hydrogens is 460 g/mol. The van der Waals surface area contributed by atoms with E-state index in [-0.39, 0.29) is 12.5 Å². The average Bonchev–Trinajstić information content (AvgIpc) is 3.07. The molecule has 5 amide bonds. The highest BCUT2D eigenvalue weighted by molar-refractivity contribution is 6.07. The first kappa shape index (κ1) is 26.1. The van der Waals surface area contributed by atoms with Crippen molar-refractivity contribution < 1.29 is 19.2 Å². The van der Waals surface area contributed by atoms with Gasteiger partial charge in [-0.15, -0.1) is 0 Å². The molecule has 1 aromatic carbocycles. The SMILES string of the molecule is C[C@]1(CCc2ccccc2)NC(=O)N(NC(=O)CN2CCN(CC(=O)N3CCCCCC3)CC2)C1=O. The van der Waals surface area contributed by atoms with Crippen molar-refractivity contribution in [2.24, 2.45) is 0 Å². The van der Waals surface area contributed by atoms with Crippen molar-refractivity contribution in [3.63, 3.8) is 0 Å². The van der Waals surface area contributed by atoms with Crippen molar-refractivity contribution in [3.8, 4) is 0 Å². The van der Waals surface area contributed by atoms with E-state index >= 15 is 0 Å². The van der Waals surface area contributed by atoms with Gasteiger partial charge in [0.2, 0.25) is 5.91 Å². The van der Waals surface area contributed by atoms with Gasteiger partial charge in [-0.05, 0) is 38.2 Å². The number of nitrogens with zero attached hydrogens (tertiary/aromatic N) is 4. The number of amides is 5. The number of urea groups is 1. The topological polar surface area (TPSA) is 105 Å². The summed E-state index contributed by atoms with van der Waals surface area (Å²) in [7, 11) is 0. The molecule has 196 valence electrons. The first-order chi connectivity index (χ1) is 17.3. The Balaban J connectivity index is 1.20. The standard InChI is InChI=1S/C26H38N6O4/c1-26(12-11-21-9-5-4-6-10-21)24(35)32(25(36)27-26)28-22(33)19-29-15-17-30(18-16-29)20-23(34)31-13-7-2-3-8-14-31/h4-6,9-10H,2-3,7-8,11-20H2,1H3,(H,27,36)(H,28,33)/t26-/m1/s1. The molecule has 1 atom stereocenters. The van der Waals surface area contributed by atoms with Crippen molar-refractivity contribution in [3.05, 3.63) is 35.9 Å². The molecule has 4 rings (SSSR count). The second-order valence-corrected chi connectivity index (χ2v) is 10.3. The number of hydrazine groups is 1. The quantitative estimate of drug-likeness (QED) is 0.518. The van der Waals surface area contributed by atoms with Crippen LogP contribution < -0.4 is 10.7 Å². The normalized spacial score (nSPS) is 23.9. The number of nitrogens with one attached hydrogen (secondary N) is 2. The summed E-state index contributed by atoms with van der Waals surface area (Å²) >= 11 is 0. The fourth-order valence-corrected chi connectivity index (χ4v) is 5.07. The highest BCUT2D eigenvalue weighted by Crippen LogP contribution is 2.22. The third-order valence-corrected chi connectivity index (χ3v) is 7.40. The van der Waals surface area contributed by atoms with Gasteiger partial charge in [0, 0.05) is 39.3 Å². The summed E-state index contributed by atoms with van der Waals surface area (Å²) in [6.07, 6.45) is 5.63. The van der Waals surface area contributed by atoms with Crippen LogP contribution in [-0.4, -0.2) is 101 Å². The molecular formula is C26H38N6O4. The Morgan fingerprint density at radius 1 is 0.889 bits per heavy atom. The van der Waals surface area contributed by atoms with Gasteiger partial charge in [-0.1, -0.05) is 43.2 Å². The Morgan fingerprint density at radius 3 is 2.14 bits per heavy atom. The summed E-state index contributed by atoms with van der Waals surface area (Å²) < 4.78 is 0. The molecule has 10 nitrogen and oxygen atoms in total. The van der Waals surface area contributed by atoms with Crippen LogP contribution in [0.3, 0.4) is 0 Å². The van der Waals surface area contributed by atoms with Crippen molar-refractivity contribution in [1.82, 2.24) is 30.5 Å². The molecule has 0 saturated carbocycles. The van der Waals surface area contributed by atoms with Crippen LogP contribution in [0.4, 0.5) is 4.79 Å². The minimum absolute atomic E-state index is 0.0890. The molecule has 0 unspecified atom stereocenters. The second kappa shape index (κ2) is 11.8. The summed E-state index contributed by atoms with van der Waals surface area (Å²) in [5, 5.41) is 3.54. The number of hydrogen-bond donors (Lipinski definition) is 2. The van der Waals surface area contributed by atoms with Gasteiger partial charge in [0.1, 0.15) is 5.54 Å². The smallest absolute Gasteiger partial charge is 0.342 e. The molecule has 0 radical (unpaired) electrons. The lowest BCUT2D eigenvalue weighted by molar-refractivity contribution is -0.139. The molecule has 0 bridgehead atoms. The van der Waals surface area contributed by atoms with E-state index in [1.54, 1.807) is 6.92 Å². The molecule has 0 spiro atoms. The number of carbonyl (C=O) groups excluding carboxylic acids is 4. The molecule has 3 heterocycles. The zero-order valence-corrected chi connectivity index (χ0v) is 21.2. The minimum atomic E-state index is -1.06. The lowest BCUT2D eigenvalue weighted by Gasteiger charge is -2.35. The van der Waals surface area contributed by atoms with Crippen LogP contribution in [0.15, 0.2) is 30.3 Å². The fraction of sp³-hybridized carbons (Fsp3) is 0.615.